The van der Waals surface area contributed by atoms with E-state index in [1.165, 1.54) is 16.3 Å². The minimum absolute atomic E-state index is 0.207. The number of nitrogens with zero attached hydrogens (tertiary/aromatic N) is 1. The van der Waals surface area contributed by atoms with Crippen LogP contribution in [0.1, 0.15) is 18.4 Å². The minimum atomic E-state index is -0.673. The second-order valence-corrected chi connectivity index (χ2v) is 6.49. The first-order valence-electron chi connectivity index (χ1n) is 8.76. The van der Waals surface area contributed by atoms with Gasteiger partial charge in [-0.2, -0.15) is 0 Å². The van der Waals surface area contributed by atoms with Gasteiger partial charge >= 0.3 is 5.97 Å². The van der Waals surface area contributed by atoms with E-state index in [2.05, 4.69) is 23.1 Å². The van der Waals surface area contributed by atoms with Gasteiger partial charge in [-0.15, -0.1) is 0 Å². The number of fused-ring (bicyclic) bond motifs is 1. The summed E-state index contributed by atoms with van der Waals surface area (Å²) in [5.41, 5.74) is 1.17. The summed E-state index contributed by atoms with van der Waals surface area (Å²) in [6, 6.07) is 12.4. The molecule has 0 spiro atoms. The quantitative estimate of drug-likeness (QED) is 0.783. The van der Waals surface area contributed by atoms with Crippen LogP contribution in [-0.2, 0) is 16.1 Å². The molecule has 5 nitrogen and oxygen atoms in total. The number of carboxylic acid groups (broad SMARTS) is 1. The number of methoxy groups -OCH3 is 1. The SMILES string of the molecule is COCCOc1ccc2ccccc2c1CN1CCC(C(=O)O)CC1. The Morgan fingerprint density at radius 3 is 2.64 bits per heavy atom. The topological polar surface area (TPSA) is 59.0 Å². The lowest BCUT2D eigenvalue weighted by molar-refractivity contribution is -0.143. The van der Waals surface area contributed by atoms with Crippen molar-refractivity contribution in [3.05, 3.63) is 42.0 Å². The van der Waals surface area contributed by atoms with Crippen molar-refractivity contribution >= 4 is 16.7 Å². The largest absolute Gasteiger partial charge is 0.491 e. The molecule has 0 unspecified atom stereocenters. The molecule has 0 radical (unpaired) electrons. The van der Waals surface area contributed by atoms with Crippen LogP contribution in [0.5, 0.6) is 5.75 Å². The van der Waals surface area contributed by atoms with Gasteiger partial charge in [0, 0.05) is 19.2 Å². The van der Waals surface area contributed by atoms with E-state index < -0.39 is 5.97 Å². The molecular weight excluding hydrogens is 318 g/mol. The number of rotatable bonds is 7. The van der Waals surface area contributed by atoms with E-state index in [4.69, 9.17) is 14.6 Å². The number of likely N-dealkylation sites (tertiary alicyclic amines) is 1. The molecule has 0 amide bonds. The molecule has 3 rings (SSSR count). The summed E-state index contributed by atoms with van der Waals surface area (Å²) in [5, 5.41) is 11.6. The molecule has 0 atom stereocenters. The van der Waals surface area contributed by atoms with Gasteiger partial charge in [-0.1, -0.05) is 30.3 Å². The Labute approximate surface area is 148 Å². The van der Waals surface area contributed by atoms with E-state index >= 15 is 0 Å². The van der Waals surface area contributed by atoms with Gasteiger partial charge in [-0.3, -0.25) is 9.69 Å². The molecule has 1 heterocycles. The van der Waals surface area contributed by atoms with E-state index in [0.29, 0.717) is 26.1 Å². The highest BCUT2D eigenvalue weighted by atomic mass is 16.5. The van der Waals surface area contributed by atoms with Crippen LogP contribution in [0, 0.1) is 5.92 Å². The van der Waals surface area contributed by atoms with Crippen LogP contribution in [0.15, 0.2) is 36.4 Å². The maximum absolute atomic E-state index is 11.1. The molecule has 1 N–H and O–H groups in total. The number of carboxylic acids is 1. The van der Waals surface area contributed by atoms with Crippen molar-refractivity contribution in [2.45, 2.75) is 19.4 Å². The third-order valence-electron chi connectivity index (χ3n) is 4.86. The highest BCUT2D eigenvalue weighted by Gasteiger charge is 2.25. The zero-order valence-electron chi connectivity index (χ0n) is 14.6. The molecule has 2 aromatic rings. The molecule has 1 saturated heterocycles. The van der Waals surface area contributed by atoms with Gasteiger partial charge in [0.2, 0.25) is 0 Å². The van der Waals surface area contributed by atoms with Crippen molar-refractivity contribution in [1.29, 1.82) is 0 Å². The molecule has 0 saturated carbocycles. The Bertz CT molecular complexity index is 723. The normalized spacial score (nSPS) is 16.2. The lowest BCUT2D eigenvalue weighted by atomic mass is 9.96. The number of carbonyl (C=O) groups is 1. The molecule has 1 aliphatic heterocycles. The molecule has 2 aromatic carbocycles. The number of hydrogen-bond donors (Lipinski definition) is 1. The molecule has 5 heteroatoms. The molecule has 1 aliphatic rings. The van der Waals surface area contributed by atoms with Crippen LogP contribution in [-0.4, -0.2) is 49.4 Å². The molecule has 134 valence electrons. The van der Waals surface area contributed by atoms with Crippen molar-refractivity contribution in [3.8, 4) is 5.75 Å². The summed E-state index contributed by atoms with van der Waals surface area (Å²) in [4.78, 5) is 13.5. The first kappa shape index (κ1) is 17.7. The van der Waals surface area contributed by atoms with Gasteiger partial charge in [-0.25, -0.2) is 0 Å². The lowest BCUT2D eigenvalue weighted by Crippen LogP contribution is -2.36. The van der Waals surface area contributed by atoms with Crippen LogP contribution in [0.3, 0.4) is 0 Å². The van der Waals surface area contributed by atoms with Crippen molar-refractivity contribution in [1.82, 2.24) is 4.90 Å². The molecule has 1 fully saturated rings. The zero-order chi connectivity index (χ0) is 17.6. The third kappa shape index (κ3) is 4.30. The summed E-state index contributed by atoms with van der Waals surface area (Å²) in [6.45, 7) is 3.45. The summed E-state index contributed by atoms with van der Waals surface area (Å²) in [5.74, 6) is 0.00528. The fourth-order valence-corrected chi connectivity index (χ4v) is 3.41. The lowest BCUT2D eigenvalue weighted by Gasteiger charge is -2.30. The first-order chi connectivity index (χ1) is 12.2. The summed E-state index contributed by atoms with van der Waals surface area (Å²) >= 11 is 0. The van der Waals surface area contributed by atoms with Crippen molar-refractivity contribution in [3.63, 3.8) is 0 Å². The fraction of sp³-hybridized carbons (Fsp3) is 0.450. The van der Waals surface area contributed by atoms with Crippen molar-refractivity contribution in [2.24, 2.45) is 5.92 Å². The average Bonchev–Trinajstić information content (AvgIpc) is 2.64. The summed E-state index contributed by atoms with van der Waals surface area (Å²) in [7, 11) is 1.66. The third-order valence-corrected chi connectivity index (χ3v) is 4.86. The molecule has 0 bridgehead atoms. The molecule has 25 heavy (non-hydrogen) atoms. The average molecular weight is 343 g/mol. The van der Waals surface area contributed by atoms with Gasteiger partial charge in [0.1, 0.15) is 12.4 Å². The Balaban J connectivity index is 1.80. The van der Waals surface area contributed by atoms with E-state index in [9.17, 15) is 4.79 Å². The predicted molar refractivity (Wildman–Crippen MR) is 97.0 cm³/mol. The van der Waals surface area contributed by atoms with Gasteiger partial charge in [0.25, 0.3) is 0 Å². The van der Waals surface area contributed by atoms with Gasteiger partial charge in [-0.05, 0) is 42.8 Å². The molecule has 0 aromatic heterocycles. The Morgan fingerprint density at radius 1 is 1.16 bits per heavy atom. The number of aliphatic carboxylic acids is 1. The summed E-state index contributed by atoms with van der Waals surface area (Å²) < 4.78 is 11.0. The second-order valence-electron chi connectivity index (χ2n) is 6.49. The number of piperidine rings is 1. The Hall–Kier alpha value is -2.11. The highest BCUT2D eigenvalue weighted by Crippen LogP contribution is 2.30. The van der Waals surface area contributed by atoms with Crippen molar-refractivity contribution < 1.29 is 19.4 Å². The maximum Gasteiger partial charge on any atom is 0.306 e. The van der Waals surface area contributed by atoms with Crippen LogP contribution >= 0.6 is 0 Å². The van der Waals surface area contributed by atoms with E-state index in [0.717, 1.165) is 25.4 Å². The Kier molecular flexibility index (Phi) is 5.89. The molecular formula is C20H25NO4. The number of hydrogen-bond acceptors (Lipinski definition) is 4. The van der Waals surface area contributed by atoms with Crippen LogP contribution in [0.25, 0.3) is 10.8 Å². The van der Waals surface area contributed by atoms with Gasteiger partial charge in [0.05, 0.1) is 12.5 Å². The zero-order valence-corrected chi connectivity index (χ0v) is 14.6. The van der Waals surface area contributed by atoms with Gasteiger partial charge in [0.15, 0.2) is 0 Å². The number of benzene rings is 2. The molecule has 0 aliphatic carbocycles. The van der Waals surface area contributed by atoms with Gasteiger partial charge < -0.3 is 14.6 Å². The van der Waals surface area contributed by atoms with Crippen LogP contribution in [0.2, 0.25) is 0 Å². The summed E-state index contributed by atoms with van der Waals surface area (Å²) in [6.07, 6.45) is 1.42. The predicted octanol–water partition coefficient (Wildman–Crippen LogP) is 3.16. The Morgan fingerprint density at radius 2 is 1.92 bits per heavy atom. The maximum atomic E-state index is 11.1. The van der Waals surface area contributed by atoms with Crippen LogP contribution < -0.4 is 4.74 Å². The smallest absolute Gasteiger partial charge is 0.306 e. The minimum Gasteiger partial charge on any atom is -0.491 e. The first-order valence-corrected chi connectivity index (χ1v) is 8.76. The van der Waals surface area contributed by atoms with E-state index in [-0.39, 0.29) is 5.92 Å². The fourth-order valence-electron chi connectivity index (χ4n) is 3.41. The standard InChI is InChI=1S/C20H25NO4/c1-24-12-13-25-19-7-6-15-4-2-3-5-17(15)18(19)14-21-10-8-16(9-11-21)20(22)23/h2-7,16H,8-14H2,1H3,(H,22,23). The highest BCUT2D eigenvalue weighted by molar-refractivity contribution is 5.87. The number of ether oxygens (including phenoxy) is 2. The van der Waals surface area contributed by atoms with Crippen LogP contribution in [0.4, 0.5) is 0 Å². The van der Waals surface area contributed by atoms with Crippen molar-refractivity contribution in [2.75, 3.05) is 33.4 Å². The van der Waals surface area contributed by atoms with E-state index in [1.807, 2.05) is 18.2 Å². The monoisotopic (exact) mass is 343 g/mol. The van der Waals surface area contributed by atoms with E-state index in [1.54, 1.807) is 7.11 Å². The second kappa shape index (κ2) is 8.32.